The largest absolute Gasteiger partial charge is 0.489 e. The Morgan fingerprint density at radius 2 is 1.88 bits per heavy atom. The molecule has 0 aromatic heterocycles. The van der Waals surface area contributed by atoms with Gasteiger partial charge < -0.3 is 20.5 Å². The highest BCUT2D eigenvalue weighted by molar-refractivity contribution is 7.91. The van der Waals surface area contributed by atoms with Crippen LogP contribution in [0, 0.1) is 16.0 Å². The van der Waals surface area contributed by atoms with Crippen molar-refractivity contribution in [2.24, 2.45) is 11.7 Å². The van der Waals surface area contributed by atoms with E-state index in [-0.39, 0.29) is 53.8 Å². The lowest BCUT2D eigenvalue weighted by molar-refractivity contribution is -0.384. The molecule has 12 heteroatoms. The van der Waals surface area contributed by atoms with Crippen LogP contribution in [0.1, 0.15) is 23.2 Å². The number of nitrogens with zero attached hydrogens (tertiary/aromatic N) is 1. The quantitative estimate of drug-likeness (QED) is 0.391. The Balaban J connectivity index is 0.00000289. The molecule has 0 bridgehead atoms. The molecule has 1 saturated heterocycles. The normalized spacial score (nSPS) is 18.4. The number of anilines is 1. The molecule has 0 unspecified atom stereocenters. The van der Waals surface area contributed by atoms with Crippen LogP contribution in [0.5, 0.6) is 5.75 Å². The average molecular weight is 458 g/mol. The Hall–Kier alpha value is -3.12. The van der Waals surface area contributed by atoms with Gasteiger partial charge in [0.25, 0.3) is 5.69 Å². The Morgan fingerprint density at radius 3 is 2.53 bits per heavy atom. The van der Waals surface area contributed by atoms with E-state index < -0.39 is 26.4 Å². The maximum absolute atomic E-state index is 13.2. The fourth-order valence-electron chi connectivity index (χ4n) is 3.94. The first-order valence-corrected chi connectivity index (χ1v) is 11.2. The van der Waals surface area contributed by atoms with Crippen molar-refractivity contribution >= 4 is 35.5 Å². The van der Waals surface area contributed by atoms with Gasteiger partial charge in [-0.15, -0.1) is 0 Å². The number of rotatable bonds is 5. The average Bonchev–Trinajstić information content (AvgIpc) is 2.78. The minimum atomic E-state index is -4.27. The first-order chi connectivity index (χ1) is 14.8. The van der Waals surface area contributed by atoms with Crippen LogP contribution in [0.25, 0.3) is 0 Å². The van der Waals surface area contributed by atoms with E-state index in [1.807, 2.05) is 0 Å². The van der Waals surface area contributed by atoms with Gasteiger partial charge in [0.2, 0.25) is 15.7 Å². The summed E-state index contributed by atoms with van der Waals surface area (Å²) in [5.74, 6) is -0.608. The van der Waals surface area contributed by atoms with E-state index in [0.717, 1.165) is 18.9 Å². The molecule has 4 rings (SSSR count). The SMILES string of the molecule is NC(=O)c1ccccc1S(=O)(=O)c1cc2c(c([N+](=O)[O-])c1)N[C@H](C1CCOCC1)CO2.[B]. The summed E-state index contributed by atoms with van der Waals surface area (Å²) >= 11 is 0. The maximum Gasteiger partial charge on any atom is 0.297 e. The summed E-state index contributed by atoms with van der Waals surface area (Å²) in [4.78, 5) is 22.1. The number of nitro benzene ring substituents is 1. The molecular weight excluding hydrogens is 437 g/mol. The molecule has 2 aromatic rings. The number of primary amides is 1. The Morgan fingerprint density at radius 1 is 1.19 bits per heavy atom. The van der Waals surface area contributed by atoms with Gasteiger partial charge in [-0.3, -0.25) is 14.9 Å². The van der Waals surface area contributed by atoms with Crippen molar-refractivity contribution in [2.45, 2.75) is 28.7 Å². The molecular formula is C20H21BN3O7S. The third kappa shape index (κ3) is 4.28. The molecule has 1 amide bonds. The summed E-state index contributed by atoms with van der Waals surface area (Å²) in [6.07, 6.45) is 1.61. The number of nitrogens with one attached hydrogen (secondary N) is 1. The molecule has 2 aliphatic rings. The molecule has 0 saturated carbocycles. The zero-order valence-corrected chi connectivity index (χ0v) is 17.8. The molecule has 167 valence electrons. The fraction of sp³-hybridized carbons (Fsp3) is 0.350. The van der Waals surface area contributed by atoms with Gasteiger partial charge in [-0.2, -0.15) is 0 Å². The van der Waals surface area contributed by atoms with Crippen LogP contribution in [-0.2, 0) is 14.6 Å². The smallest absolute Gasteiger partial charge is 0.297 e. The predicted molar refractivity (Wildman–Crippen MR) is 116 cm³/mol. The monoisotopic (exact) mass is 458 g/mol. The number of nitrogens with two attached hydrogens (primary N) is 1. The molecule has 1 fully saturated rings. The maximum atomic E-state index is 13.2. The topological polar surface area (TPSA) is 151 Å². The van der Waals surface area contributed by atoms with Gasteiger partial charge in [-0.1, -0.05) is 12.1 Å². The summed E-state index contributed by atoms with van der Waals surface area (Å²) in [6.45, 7) is 1.48. The number of nitro groups is 1. The molecule has 10 nitrogen and oxygen atoms in total. The highest BCUT2D eigenvalue weighted by atomic mass is 32.2. The van der Waals surface area contributed by atoms with E-state index in [2.05, 4.69) is 5.32 Å². The van der Waals surface area contributed by atoms with Crippen molar-refractivity contribution in [1.29, 1.82) is 0 Å². The summed E-state index contributed by atoms with van der Waals surface area (Å²) < 4.78 is 37.6. The van der Waals surface area contributed by atoms with Gasteiger partial charge in [0.15, 0.2) is 11.4 Å². The second-order valence-electron chi connectivity index (χ2n) is 7.45. The molecule has 2 aliphatic heterocycles. The second-order valence-corrected chi connectivity index (χ2v) is 9.37. The van der Waals surface area contributed by atoms with E-state index in [4.69, 9.17) is 15.2 Å². The van der Waals surface area contributed by atoms with Gasteiger partial charge in [0, 0.05) is 33.8 Å². The lowest BCUT2D eigenvalue weighted by Gasteiger charge is -2.35. The first kappa shape index (κ1) is 23.5. The Kier molecular flexibility index (Phi) is 6.75. The summed E-state index contributed by atoms with van der Waals surface area (Å²) in [6, 6.07) is 7.53. The van der Waals surface area contributed by atoms with Crippen LogP contribution in [0.15, 0.2) is 46.2 Å². The van der Waals surface area contributed by atoms with E-state index in [0.29, 0.717) is 13.2 Å². The molecule has 3 N–H and O–H groups in total. The first-order valence-electron chi connectivity index (χ1n) is 9.72. The van der Waals surface area contributed by atoms with Crippen LogP contribution in [0.4, 0.5) is 11.4 Å². The number of amides is 1. The summed E-state index contributed by atoms with van der Waals surface area (Å²) in [5.41, 5.74) is 4.85. The highest BCUT2D eigenvalue weighted by Gasteiger charge is 2.35. The standard InChI is InChI=1S/C20H21N3O7S.B/c21-20(24)14-3-1-2-4-18(14)31(27,28)13-9-16(23(25)26)19-17(10-13)30-11-15(22-19)12-5-7-29-8-6-12;/h1-4,9-10,12,15,22H,5-8,11H2,(H2,21,24);/t15-;/m0./s1. The van der Waals surface area contributed by atoms with Crippen molar-refractivity contribution in [1.82, 2.24) is 0 Å². The van der Waals surface area contributed by atoms with E-state index in [9.17, 15) is 23.3 Å². The van der Waals surface area contributed by atoms with Crippen LogP contribution in [0.2, 0.25) is 0 Å². The van der Waals surface area contributed by atoms with Gasteiger partial charge in [0.1, 0.15) is 6.61 Å². The van der Waals surface area contributed by atoms with Crippen LogP contribution < -0.4 is 15.8 Å². The Labute approximate surface area is 186 Å². The van der Waals surface area contributed by atoms with Crippen molar-refractivity contribution < 1.29 is 27.6 Å². The van der Waals surface area contributed by atoms with Gasteiger partial charge in [-0.25, -0.2) is 8.42 Å². The summed E-state index contributed by atoms with van der Waals surface area (Å²) in [7, 11) is -4.27. The minimum Gasteiger partial charge on any atom is -0.489 e. The molecule has 32 heavy (non-hydrogen) atoms. The van der Waals surface area contributed by atoms with Crippen molar-refractivity contribution in [3.8, 4) is 5.75 Å². The number of carbonyl (C=O) groups is 1. The molecule has 1 atom stereocenters. The number of fused-ring (bicyclic) bond motifs is 1. The van der Waals surface area contributed by atoms with E-state index in [1.165, 1.54) is 30.3 Å². The Bertz CT molecular complexity index is 1150. The molecule has 3 radical (unpaired) electrons. The highest BCUT2D eigenvalue weighted by Crippen LogP contribution is 2.42. The number of hydrogen-bond donors (Lipinski definition) is 2. The van der Waals surface area contributed by atoms with E-state index in [1.54, 1.807) is 0 Å². The number of sulfone groups is 1. The molecule has 2 aromatic carbocycles. The number of hydrogen-bond acceptors (Lipinski definition) is 8. The fourth-order valence-corrected chi connectivity index (χ4v) is 5.44. The van der Waals surface area contributed by atoms with Gasteiger partial charge in [-0.05, 0) is 30.9 Å². The van der Waals surface area contributed by atoms with Crippen molar-refractivity contribution in [2.75, 3.05) is 25.1 Å². The van der Waals surface area contributed by atoms with Crippen molar-refractivity contribution in [3.63, 3.8) is 0 Å². The molecule has 2 heterocycles. The number of ether oxygens (including phenoxy) is 2. The van der Waals surface area contributed by atoms with Crippen LogP contribution in [-0.4, -0.2) is 53.5 Å². The lowest BCUT2D eigenvalue weighted by atomic mass is 9.91. The third-order valence-corrected chi connectivity index (χ3v) is 7.38. The third-order valence-electron chi connectivity index (χ3n) is 5.59. The number of carbonyl (C=O) groups excluding carboxylic acids is 1. The zero-order chi connectivity index (χ0) is 22.2. The second kappa shape index (κ2) is 9.17. The minimum absolute atomic E-state index is 0. The van der Waals surface area contributed by atoms with Crippen molar-refractivity contribution in [3.05, 3.63) is 52.1 Å². The van der Waals surface area contributed by atoms with E-state index >= 15 is 0 Å². The molecule has 0 aliphatic carbocycles. The number of benzene rings is 2. The van der Waals surface area contributed by atoms with Crippen LogP contribution in [0.3, 0.4) is 0 Å². The lowest BCUT2D eigenvalue weighted by Crippen LogP contribution is -2.40. The van der Waals surface area contributed by atoms with Crippen LogP contribution >= 0.6 is 0 Å². The molecule has 0 spiro atoms. The van der Waals surface area contributed by atoms with Gasteiger partial charge >= 0.3 is 0 Å². The van der Waals surface area contributed by atoms with Gasteiger partial charge in [0.05, 0.1) is 26.3 Å². The predicted octanol–water partition coefficient (Wildman–Crippen LogP) is 1.75. The summed E-state index contributed by atoms with van der Waals surface area (Å²) in [5, 5.41) is 14.9. The zero-order valence-electron chi connectivity index (χ0n) is 17.0.